The van der Waals surface area contributed by atoms with Gasteiger partial charge in [-0.3, -0.25) is 0 Å². The number of ether oxygens (including phenoxy) is 1. The third-order valence-electron chi connectivity index (χ3n) is 6.29. The molecule has 1 aromatic rings. The molecule has 0 radical (unpaired) electrons. The maximum absolute atomic E-state index is 13.3. The van der Waals surface area contributed by atoms with Gasteiger partial charge in [-0.05, 0) is 48.1 Å². The van der Waals surface area contributed by atoms with Crippen molar-refractivity contribution in [3.63, 3.8) is 0 Å². The first-order valence-corrected chi connectivity index (χ1v) is 7.48. The summed E-state index contributed by atoms with van der Waals surface area (Å²) >= 11 is 0. The van der Waals surface area contributed by atoms with Gasteiger partial charge in [-0.2, -0.15) is 0 Å². The minimum Gasteiger partial charge on any atom is -0.494 e. The van der Waals surface area contributed by atoms with E-state index in [2.05, 4.69) is 26.1 Å². The first kappa shape index (κ1) is 13.7. The molecule has 2 nitrogen and oxygen atoms in total. The standard InChI is InChI=1S/C17H24FNO/c1-16(2)11-7-8-17(16,3)15(9-11)19-13-6-5-12(18)10-14(13)20-4/h5-6,10-11,15,19H,7-9H2,1-4H3. The highest BCUT2D eigenvalue weighted by atomic mass is 19.1. The van der Waals surface area contributed by atoms with Gasteiger partial charge in [0.2, 0.25) is 0 Å². The number of rotatable bonds is 3. The van der Waals surface area contributed by atoms with E-state index >= 15 is 0 Å². The molecule has 110 valence electrons. The molecule has 0 aliphatic heterocycles. The Morgan fingerprint density at radius 2 is 2.05 bits per heavy atom. The molecule has 2 aliphatic rings. The SMILES string of the molecule is COc1cc(F)ccc1NC1CC2CCC1(C)C2(C)C. The monoisotopic (exact) mass is 277 g/mol. The van der Waals surface area contributed by atoms with Crippen LogP contribution in [0.1, 0.15) is 40.0 Å². The Morgan fingerprint density at radius 1 is 1.30 bits per heavy atom. The van der Waals surface area contributed by atoms with Crippen molar-refractivity contribution in [1.82, 2.24) is 0 Å². The topological polar surface area (TPSA) is 21.3 Å². The zero-order chi connectivity index (χ0) is 14.5. The molecule has 1 N–H and O–H groups in total. The molecule has 0 spiro atoms. The first-order chi connectivity index (χ1) is 9.38. The van der Waals surface area contributed by atoms with E-state index in [0.29, 0.717) is 22.6 Å². The molecule has 3 heteroatoms. The summed E-state index contributed by atoms with van der Waals surface area (Å²) in [5.41, 5.74) is 1.58. The molecule has 3 unspecified atom stereocenters. The van der Waals surface area contributed by atoms with Gasteiger partial charge in [-0.25, -0.2) is 4.39 Å². The van der Waals surface area contributed by atoms with E-state index < -0.39 is 0 Å². The van der Waals surface area contributed by atoms with E-state index in [1.165, 1.54) is 31.4 Å². The molecule has 1 aromatic carbocycles. The number of hydrogen-bond donors (Lipinski definition) is 1. The van der Waals surface area contributed by atoms with Crippen molar-refractivity contribution in [1.29, 1.82) is 0 Å². The van der Waals surface area contributed by atoms with Crippen LogP contribution in [-0.4, -0.2) is 13.2 Å². The van der Waals surface area contributed by atoms with Crippen molar-refractivity contribution in [3.05, 3.63) is 24.0 Å². The van der Waals surface area contributed by atoms with Gasteiger partial charge in [-0.15, -0.1) is 0 Å². The Morgan fingerprint density at radius 3 is 2.60 bits per heavy atom. The zero-order valence-electron chi connectivity index (χ0n) is 12.8. The molecular weight excluding hydrogens is 253 g/mol. The first-order valence-electron chi connectivity index (χ1n) is 7.48. The minimum absolute atomic E-state index is 0.258. The Kier molecular flexibility index (Phi) is 3.00. The molecule has 3 rings (SSSR count). The van der Waals surface area contributed by atoms with Crippen molar-refractivity contribution >= 4 is 5.69 Å². The quantitative estimate of drug-likeness (QED) is 0.880. The fourth-order valence-corrected chi connectivity index (χ4v) is 4.39. The Balaban J connectivity index is 1.87. The maximum Gasteiger partial charge on any atom is 0.144 e. The fraction of sp³-hybridized carbons (Fsp3) is 0.647. The van der Waals surface area contributed by atoms with Crippen LogP contribution in [0.5, 0.6) is 5.75 Å². The lowest BCUT2D eigenvalue weighted by Crippen LogP contribution is -2.40. The molecule has 0 saturated heterocycles. The molecule has 0 amide bonds. The lowest BCUT2D eigenvalue weighted by molar-refractivity contribution is 0.142. The summed E-state index contributed by atoms with van der Waals surface area (Å²) in [5, 5.41) is 3.62. The predicted molar refractivity (Wildman–Crippen MR) is 79.6 cm³/mol. The van der Waals surface area contributed by atoms with Gasteiger partial charge < -0.3 is 10.1 Å². The van der Waals surface area contributed by atoms with Gasteiger partial charge in [0.05, 0.1) is 12.8 Å². The van der Waals surface area contributed by atoms with Crippen LogP contribution < -0.4 is 10.1 Å². The van der Waals surface area contributed by atoms with Crippen LogP contribution in [0.3, 0.4) is 0 Å². The third kappa shape index (κ3) is 1.75. The molecule has 3 atom stereocenters. The highest BCUT2D eigenvalue weighted by molar-refractivity contribution is 5.57. The van der Waals surface area contributed by atoms with Gasteiger partial charge in [0, 0.05) is 12.1 Å². The Hall–Kier alpha value is -1.25. The number of nitrogens with one attached hydrogen (secondary N) is 1. The second-order valence-corrected chi connectivity index (χ2v) is 7.15. The van der Waals surface area contributed by atoms with E-state index in [0.717, 1.165) is 11.6 Å². The van der Waals surface area contributed by atoms with E-state index in [1.807, 2.05) is 0 Å². The second-order valence-electron chi connectivity index (χ2n) is 7.15. The average molecular weight is 277 g/mol. The van der Waals surface area contributed by atoms with Crippen LogP contribution >= 0.6 is 0 Å². The van der Waals surface area contributed by atoms with Crippen LogP contribution in [0.25, 0.3) is 0 Å². The van der Waals surface area contributed by atoms with E-state index in [4.69, 9.17) is 4.74 Å². The van der Waals surface area contributed by atoms with Crippen molar-refractivity contribution in [3.8, 4) is 5.75 Å². The molecular formula is C17H24FNO. The summed E-state index contributed by atoms with van der Waals surface area (Å²) in [6, 6.07) is 5.17. The van der Waals surface area contributed by atoms with Crippen molar-refractivity contribution < 1.29 is 9.13 Å². The molecule has 2 fully saturated rings. The predicted octanol–water partition coefficient (Wildman–Crippen LogP) is 4.46. The van der Waals surface area contributed by atoms with Crippen molar-refractivity contribution in [2.75, 3.05) is 12.4 Å². The number of methoxy groups -OCH3 is 1. The minimum atomic E-state index is -0.258. The van der Waals surface area contributed by atoms with Crippen LogP contribution in [0.2, 0.25) is 0 Å². The second kappa shape index (κ2) is 4.37. The van der Waals surface area contributed by atoms with Gasteiger partial charge in [-0.1, -0.05) is 20.8 Å². The van der Waals surface area contributed by atoms with Gasteiger partial charge in [0.25, 0.3) is 0 Å². The van der Waals surface area contributed by atoms with Crippen molar-refractivity contribution in [2.45, 2.75) is 46.1 Å². The van der Waals surface area contributed by atoms with E-state index in [-0.39, 0.29) is 5.82 Å². The average Bonchev–Trinajstić information content (AvgIpc) is 2.74. The number of hydrogen-bond acceptors (Lipinski definition) is 2. The lowest BCUT2D eigenvalue weighted by Gasteiger charge is -2.40. The van der Waals surface area contributed by atoms with E-state index in [1.54, 1.807) is 13.2 Å². The molecule has 0 aromatic heterocycles. The summed E-state index contributed by atoms with van der Waals surface area (Å²) in [7, 11) is 1.59. The lowest BCUT2D eigenvalue weighted by atomic mass is 9.69. The summed E-state index contributed by atoms with van der Waals surface area (Å²) in [4.78, 5) is 0. The highest BCUT2D eigenvalue weighted by Crippen LogP contribution is 2.66. The normalized spacial score (nSPS) is 34.2. The van der Waals surface area contributed by atoms with Crippen molar-refractivity contribution in [2.24, 2.45) is 16.7 Å². The largest absolute Gasteiger partial charge is 0.494 e. The van der Waals surface area contributed by atoms with Gasteiger partial charge in [0.15, 0.2) is 0 Å². The number of fused-ring (bicyclic) bond motifs is 2. The van der Waals surface area contributed by atoms with Crippen LogP contribution in [0.4, 0.5) is 10.1 Å². The van der Waals surface area contributed by atoms with Crippen LogP contribution in [0.15, 0.2) is 18.2 Å². The Bertz CT molecular complexity index is 528. The van der Waals surface area contributed by atoms with Crippen LogP contribution in [-0.2, 0) is 0 Å². The summed E-state index contributed by atoms with van der Waals surface area (Å²) < 4.78 is 18.6. The van der Waals surface area contributed by atoms with Crippen LogP contribution in [0, 0.1) is 22.6 Å². The number of halogens is 1. The van der Waals surface area contributed by atoms with Gasteiger partial charge in [0.1, 0.15) is 11.6 Å². The summed E-state index contributed by atoms with van der Waals surface area (Å²) in [6.45, 7) is 7.19. The number of benzene rings is 1. The fourth-order valence-electron chi connectivity index (χ4n) is 4.39. The maximum atomic E-state index is 13.3. The zero-order valence-corrected chi connectivity index (χ0v) is 12.8. The third-order valence-corrected chi connectivity index (χ3v) is 6.29. The summed E-state index contributed by atoms with van der Waals surface area (Å²) in [6.07, 6.45) is 3.80. The molecule has 20 heavy (non-hydrogen) atoms. The summed E-state index contributed by atoms with van der Waals surface area (Å²) in [5.74, 6) is 1.12. The Labute approximate surface area is 120 Å². The highest BCUT2D eigenvalue weighted by Gasteiger charge is 2.61. The smallest absolute Gasteiger partial charge is 0.144 e. The van der Waals surface area contributed by atoms with E-state index in [9.17, 15) is 4.39 Å². The molecule has 2 saturated carbocycles. The molecule has 2 aliphatic carbocycles. The molecule has 0 heterocycles. The molecule has 2 bridgehead atoms. The van der Waals surface area contributed by atoms with Gasteiger partial charge >= 0.3 is 0 Å². The number of anilines is 1.